The van der Waals surface area contributed by atoms with E-state index in [-0.39, 0.29) is 5.67 Å². The highest BCUT2D eigenvalue weighted by Gasteiger charge is 2.51. The maximum atomic E-state index is 6.53. The van der Waals surface area contributed by atoms with Crippen LogP contribution in [0.3, 0.4) is 0 Å². The van der Waals surface area contributed by atoms with Gasteiger partial charge in [-0.2, -0.15) is 0 Å². The van der Waals surface area contributed by atoms with Crippen LogP contribution in [0.5, 0.6) is 0 Å². The number of halogens is 1. The maximum Gasteiger partial charge on any atom is 0.527 e. The molecular formula is C15H30ClN3O3Si. The summed E-state index contributed by atoms with van der Waals surface area (Å²) in [5.74, 6) is 0. The number of aromatic nitrogens is 3. The number of hydrogen-bond donors (Lipinski definition) is 0. The third-order valence-electron chi connectivity index (χ3n) is 3.59. The Hall–Kier alpha value is -0.473. The van der Waals surface area contributed by atoms with Gasteiger partial charge in [0.05, 0.1) is 0 Å². The van der Waals surface area contributed by atoms with Crippen LogP contribution in [0.15, 0.2) is 0 Å². The molecule has 1 unspecified atom stereocenters. The molecule has 0 amide bonds. The summed E-state index contributed by atoms with van der Waals surface area (Å²) >= 11 is 6.53. The minimum Gasteiger partial charge on any atom is -0.373 e. The fourth-order valence-corrected chi connectivity index (χ4v) is 5.98. The number of aryl methyl sites for hydroxylation is 1. The molecule has 0 saturated carbocycles. The average molecular weight is 364 g/mol. The minimum absolute atomic E-state index is 0.169. The molecule has 0 aliphatic carbocycles. The van der Waals surface area contributed by atoms with Crippen molar-refractivity contribution in [2.24, 2.45) is 0 Å². The molecule has 0 bridgehead atoms. The van der Waals surface area contributed by atoms with Gasteiger partial charge in [0.15, 0.2) is 5.15 Å². The highest BCUT2D eigenvalue weighted by molar-refractivity contribution is 6.61. The van der Waals surface area contributed by atoms with E-state index in [1.54, 1.807) is 4.68 Å². The molecule has 1 atom stereocenters. The molecular weight excluding hydrogens is 334 g/mol. The summed E-state index contributed by atoms with van der Waals surface area (Å²) in [6, 6.07) is 0. The van der Waals surface area contributed by atoms with Gasteiger partial charge in [-0.15, -0.1) is 5.10 Å². The quantitative estimate of drug-likeness (QED) is 0.528. The van der Waals surface area contributed by atoms with E-state index in [1.165, 1.54) is 0 Å². The zero-order valence-corrected chi connectivity index (χ0v) is 16.7. The van der Waals surface area contributed by atoms with Crippen LogP contribution < -0.4 is 0 Å². The van der Waals surface area contributed by atoms with Crippen molar-refractivity contribution in [1.29, 1.82) is 0 Å². The van der Waals surface area contributed by atoms with Crippen molar-refractivity contribution in [2.75, 3.05) is 19.8 Å². The van der Waals surface area contributed by atoms with Crippen molar-refractivity contribution in [3.8, 4) is 0 Å². The van der Waals surface area contributed by atoms with Crippen molar-refractivity contribution in [3.63, 3.8) is 0 Å². The average Bonchev–Trinajstić information content (AvgIpc) is 2.88. The molecule has 0 N–H and O–H groups in total. The lowest BCUT2D eigenvalue weighted by Crippen LogP contribution is -2.54. The SMILES string of the molecule is CCCCc1nnn(C(CC)[Si](OCC)(OCC)OCC)c1Cl. The normalized spacial score (nSPS) is 13.5. The highest BCUT2D eigenvalue weighted by Crippen LogP contribution is 2.31. The van der Waals surface area contributed by atoms with Crippen LogP contribution in [0.1, 0.15) is 65.2 Å². The van der Waals surface area contributed by atoms with Crippen LogP contribution in [-0.2, 0) is 19.7 Å². The van der Waals surface area contributed by atoms with Gasteiger partial charge >= 0.3 is 8.80 Å². The molecule has 0 fully saturated rings. The first kappa shape index (κ1) is 20.6. The molecule has 0 spiro atoms. The van der Waals surface area contributed by atoms with Crippen molar-refractivity contribution in [2.45, 2.75) is 66.0 Å². The number of nitrogens with zero attached hydrogens (tertiary/aromatic N) is 3. The Morgan fingerprint density at radius 1 is 1.04 bits per heavy atom. The van der Waals surface area contributed by atoms with Gasteiger partial charge in [-0.3, -0.25) is 0 Å². The summed E-state index contributed by atoms with van der Waals surface area (Å²) in [5.41, 5.74) is 0.664. The van der Waals surface area contributed by atoms with E-state index in [0.29, 0.717) is 25.0 Å². The number of hydrogen-bond acceptors (Lipinski definition) is 5. The second-order valence-corrected chi connectivity index (χ2v) is 8.30. The molecule has 8 heteroatoms. The predicted octanol–water partition coefficient (Wildman–Crippen LogP) is 3.81. The van der Waals surface area contributed by atoms with E-state index >= 15 is 0 Å². The summed E-state index contributed by atoms with van der Waals surface area (Å²) in [5, 5.41) is 9.11. The number of unbranched alkanes of at least 4 members (excludes halogenated alkanes) is 1. The van der Waals surface area contributed by atoms with Gasteiger partial charge in [0.1, 0.15) is 11.4 Å². The Bertz CT molecular complexity index is 442. The molecule has 23 heavy (non-hydrogen) atoms. The molecule has 0 aromatic carbocycles. The van der Waals surface area contributed by atoms with Gasteiger partial charge in [-0.1, -0.05) is 37.1 Å². The number of rotatable bonds is 12. The molecule has 6 nitrogen and oxygen atoms in total. The molecule has 1 heterocycles. The van der Waals surface area contributed by atoms with Crippen LogP contribution in [0, 0.1) is 0 Å². The lowest BCUT2D eigenvalue weighted by atomic mass is 10.2. The Morgan fingerprint density at radius 2 is 1.61 bits per heavy atom. The zero-order chi connectivity index (χ0) is 17.3. The summed E-state index contributed by atoms with van der Waals surface area (Å²) in [7, 11) is -2.94. The summed E-state index contributed by atoms with van der Waals surface area (Å²) in [6.07, 6.45) is 3.72. The van der Waals surface area contributed by atoms with Crippen molar-refractivity contribution >= 4 is 20.4 Å². The van der Waals surface area contributed by atoms with Gasteiger partial charge in [-0.05, 0) is 40.0 Å². The Balaban J connectivity index is 3.18. The zero-order valence-electron chi connectivity index (χ0n) is 15.0. The van der Waals surface area contributed by atoms with Gasteiger partial charge in [0.2, 0.25) is 0 Å². The first-order valence-electron chi connectivity index (χ1n) is 8.61. The van der Waals surface area contributed by atoms with E-state index < -0.39 is 8.80 Å². The molecule has 0 saturated heterocycles. The van der Waals surface area contributed by atoms with Crippen LogP contribution in [0.25, 0.3) is 0 Å². The molecule has 0 aliphatic rings. The second-order valence-electron chi connectivity index (χ2n) is 5.20. The molecule has 1 aromatic heterocycles. The fourth-order valence-electron chi connectivity index (χ4n) is 2.60. The Morgan fingerprint density at radius 3 is 2.04 bits per heavy atom. The third kappa shape index (κ3) is 5.00. The van der Waals surface area contributed by atoms with Gasteiger partial charge in [-0.25, -0.2) is 4.68 Å². The minimum atomic E-state index is -2.94. The lowest BCUT2D eigenvalue weighted by Gasteiger charge is -2.34. The van der Waals surface area contributed by atoms with E-state index in [4.69, 9.17) is 24.9 Å². The molecule has 0 radical (unpaired) electrons. The van der Waals surface area contributed by atoms with E-state index in [1.807, 2.05) is 20.8 Å². The summed E-state index contributed by atoms with van der Waals surface area (Å²) in [4.78, 5) is 0. The van der Waals surface area contributed by atoms with Crippen LogP contribution in [0.4, 0.5) is 0 Å². The standard InChI is InChI=1S/C15H30ClN3O3Si/c1-6-11-12-13-15(16)19(18-17-13)14(7-2)23(20-8-3,21-9-4)22-10-5/h14H,6-12H2,1-5H3. The van der Waals surface area contributed by atoms with E-state index in [2.05, 4.69) is 24.2 Å². The van der Waals surface area contributed by atoms with Gasteiger partial charge < -0.3 is 13.3 Å². The third-order valence-corrected chi connectivity index (χ3v) is 7.53. The summed E-state index contributed by atoms with van der Waals surface area (Å²) < 4.78 is 19.8. The van der Waals surface area contributed by atoms with Crippen LogP contribution in [-0.4, -0.2) is 43.6 Å². The van der Waals surface area contributed by atoms with Crippen molar-refractivity contribution in [3.05, 3.63) is 10.8 Å². The second kappa shape index (κ2) is 10.4. The van der Waals surface area contributed by atoms with E-state index in [9.17, 15) is 0 Å². The predicted molar refractivity (Wildman–Crippen MR) is 93.6 cm³/mol. The van der Waals surface area contributed by atoms with Gasteiger partial charge in [0.25, 0.3) is 0 Å². The van der Waals surface area contributed by atoms with Crippen LogP contribution >= 0.6 is 11.6 Å². The fraction of sp³-hybridized carbons (Fsp3) is 0.867. The van der Waals surface area contributed by atoms with Crippen molar-refractivity contribution < 1.29 is 13.3 Å². The Labute approximate surface area is 145 Å². The molecule has 134 valence electrons. The monoisotopic (exact) mass is 363 g/mol. The first-order valence-corrected chi connectivity index (χ1v) is 10.8. The highest BCUT2D eigenvalue weighted by atomic mass is 35.5. The summed E-state index contributed by atoms with van der Waals surface area (Å²) in [6.45, 7) is 11.6. The lowest BCUT2D eigenvalue weighted by molar-refractivity contribution is 0.0508. The largest absolute Gasteiger partial charge is 0.527 e. The topological polar surface area (TPSA) is 58.4 Å². The first-order chi connectivity index (χ1) is 11.1. The van der Waals surface area contributed by atoms with E-state index in [0.717, 1.165) is 31.4 Å². The Kier molecular flexibility index (Phi) is 9.31. The maximum absolute atomic E-state index is 6.53. The molecule has 0 aliphatic heterocycles. The molecule has 1 rings (SSSR count). The smallest absolute Gasteiger partial charge is 0.373 e. The molecule has 1 aromatic rings. The van der Waals surface area contributed by atoms with Crippen molar-refractivity contribution in [1.82, 2.24) is 15.0 Å². The van der Waals surface area contributed by atoms with Gasteiger partial charge in [0, 0.05) is 19.8 Å². The van der Waals surface area contributed by atoms with Crippen LogP contribution in [0.2, 0.25) is 5.15 Å².